The summed E-state index contributed by atoms with van der Waals surface area (Å²) in [5.74, 6) is 0.0212. The molecule has 0 amide bonds. The molecule has 0 spiro atoms. The van der Waals surface area contributed by atoms with Crippen molar-refractivity contribution in [2.75, 3.05) is 6.61 Å². The van der Waals surface area contributed by atoms with Gasteiger partial charge in [-0.15, -0.1) is 0 Å². The Morgan fingerprint density at radius 2 is 1.88 bits per heavy atom. The number of halogens is 2. The van der Waals surface area contributed by atoms with Gasteiger partial charge in [0.15, 0.2) is 5.75 Å². The first-order chi connectivity index (χ1) is 11.4. The van der Waals surface area contributed by atoms with Crippen LogP contribution in [0.4, 0.5) is 14.5 Å². The van der Waals surface area contributed by atoms with Crippen molar-refractivity contribution in [3.8, 4) is 11.5 Å². The quantitative estimate of drug-likeness (QED) is 0.615. The minimum atomic E-state index is -2.93. The van der Waals surface area contributed by atoms with Gasteiger partial charge in [-0.1, -0.05) is 18.2 Å². The van der Waals surface area contributed by atoms with E-state index in [1.807, 2.05) is 0 Å². The maximum atomic E-state index is 12.1. The zero-order valence-electron chi connectivity index (χ0n) is 12.7. The Hall–Kier alpha value is -2.74. The highest BCUT2D eigenvalue weighted by atomic mass is 19.3. The van der Waals surface area contributed by atoms with E-state index in [9.17, 15) is 24.0 Å². The average Bonchev–Trinajstić information content (AvgIpc) is 2.52. The van der Waals surface area contributed by atoms with Gasteiger partial charge < -0.3 is 14.6 Å². The number of hydrogen-bond acceptors (Lipinski definition) is 5. The molecular formula is C16H15F2NO5. The number of nitrogens with zero attached hydrogens (tertiary/aromatic N) is 1. The molecule has 0 aliphatic heterocycles. The van der Waals surface area contributed by atoms with Crippen LogP contribution >= 0.6 is 0 Å². The van der Waals surface area contributed by atoms with Crippen LogP contribution in [0.1, 0.15) is 17.2 Å². The molecule has 0 bridgehead atoms. The summed E-state index contributed by atoms with van der Waals surface area (Å²) < 4.78 is 33.7. The molecule has 8 heteroatoms. The Bertz CT molecular complexity index is 706. The number of benzene rings is 2. The summed E-state index contributed by atoms with van der Waals surface area (Å²) in [6.45, 7) is -1.39. The normalized spacial score (nSPS) is 12.0. The highest BCUT2D eigenvalue weighted by molar-refractivity contribution is 5.48. The van der Waals surface area contributed by atoms with Gasteiger partial charge in [0, 0.05) is 6.07 Å². The van der Waals surface area contributed by atoms with Crippen LogP contribution in [0.15, 0.2) is 42.5 Å². The summed E-state index contributed by atoms with van der Waals surface area (Å²) in [6, 6.07) is 9.83. The van der Waals surface area contributed by atoms with E-state index in [1.165, 1.54) is 36.4 Å². The Labute approximate surface area is 136 Å². The molecule has 128 valence electrons. The minimum absolute atomic E-state index is 0.0313. The van der Waals surface area contributed by atoms with E-state index >= 15 is 0 Å². The monoisotopic (exact) mass is 339 g/mol. The van der Waals surface area contributed by atoms with E-state index in [-0.39, 0.29) is 23.8 Å². The van der Waals surface area contributed by atoms with Crippen LogP contribution in [-0.2, 0) is 0 Å². The highest BCUT2D eigenvalue weighted by Crippen LogP contribution is 2.29. The summed E-state index contributed by atoms with van der Waals surface area (Å²) in [5.41, 5.74) is 0.985. The topological polar surface area (TPSA) is 81.8 Å². The van der Waals surface area contributed by atoms with Crippen molar-refractivity contribution in [1.29, 1.82) is 0 Å². The number of hydrogen-bond donors (Lipinski definition) is 1. The molecule has 6 nitrogen and oxygen atoms in total. The van der Waals surface area contributed by atoms with E-state index in [0.717, 1.165) is 5.56 Å². The van der Waals surface area contributed by atoms with Gasteiger partial charge in [0.05, 0.1) is 4.92 Å². The van der Waals surface area contributed by atoms with E-state index in [0.29, 0.717) is 5.56 Å². The zero-order valence-corrected chi connectivity index (χ0v) is 12.7. The van der Waals surface area contributed by atoms with E-state index in [4.69, 9.17) is 4.74 Å². The number of aryl methyl sites for hydroxylation is 1. The second kappa shape index (κ2) is 7.69. The average molecular weight is 339 g/mol. The zero-order chi connectivity index (χ0) is 17.7. The third-order valence-electron chi connectivity index (χ3n) is 3.20. The molecule has 0 saturated heterocycles. The largest absolute Gasteiger partial charge is 0.484 e. The molecule has 0 radical (unpaired) electrons. The highest BCUT2D eigenvalue weighted by Gasteiger charge is 2.17. The first kappa shape index (κ1) is 17.6. The van der Waals surface area contributed by atoms with Crippen molar-refractivity contribution >= 4 is 5.69 Å². The van der Waals surface area contributed by atoms with Gasteiger partial charge >= 0.3 is 12.3 Å². The fraction of sp³-hybridized carbons (Fsp3) is 0.250. The molecule has 0 aliphatic carbocycles. The summed E-state index contributed by atoms with van der Waals surface area (Å²) in [6.07, 6.45) is -1.08. The fourth-order valence-corrected chi connectivity index (χ4v) is 2.02. The van der Waals surface area contributed by atoms with Gasteiger partial charge in [-0.05, 0) is 36.2 Å². The van der Waals surface area contributed by atoms with Crippen molar-refractivity contribution in [3.05, 3.63) is 63.7 Å². The van der Waals surface area contributed by atoms with E-state index in [1.54, 1.807) is 13.0 Å². The third-order valence-corrected chi connectivity index (χ3v) is 3.20. The van der Waals surface area contributed by atoms with Gasteiger partial charge in [0.25, 0.3) is 0 Å². The first-order valence-corrected chi connectivity index (χ1v) is 6.97. The lowest BCUT2D eigenvalue weighted by Gasteiger charge is -2.14. The van der Waals surface area contributed by atoms with Crippen molar-refractivity contribution in [3.63, 3.8) is 0 Å². The Kier molecular flexibility index (Phi) is 5.64. The van der Waals surface area contributed by atoms with Gasteiger partial charge in [-0.2, -0.15) is 8.78 Å². The number of alkyl halides is 2. The molecule has 0 aromatic heterocycles. The lowest BCUT2D eigenvalue weighted by Crippen LogP contribution is -2.11. The smallest absolute Gasteiger partial charge is 0.387 e. The predicted octanol–water partition coefficient (Wildman–Crippen LogP) is 3.62. The summed E-state index contributed by atoms with van der Waals surface area (Å²) in [5, 5.41) is 21.0. The van der Waals surface area contributed by atoms with E-state index in [2.05, 4.69) is 4.74 Å². The van der Waals surface area contributed by atoms with Gasteiger partial charge in [-0.3, -0.25) is 10.1 Å². The van der Waals surface area contributed by atoms with Gasteiger partial charge in [-0.25, -0.2) is 0 Å². The molecule has 24 heavy (non-hydrogen) atoms. The molecule has 0 heterocycles. The molecule has 2 aromatic carbocycles. The molecule has 2 aromatic rings. The summed E-state index contributed by atoms with van der Waals surface area (Å²) >= 11 is 0. The third kappa shape index (κ3) is 4.63. The number of nitro groups is 1. The fourth-order valence-electron chi connectivity index (χ4n) is 2.02. The Morgan fingerprint density at radius 1 is 1.21 bits per heavy atom. The SMILES string of the molecule is Cc1ccc([N+](=O)[O-])c(OCC(O)c2ccc(OC(F)F)cc2)c1. The minimum Gasteiger partial charge on any atom is -0.484 e. The molecule has 0 fully saturated rings. The lowest BCUT2D eigenvalue weighted by molar-refractivity contribution is -0.385. The number of aliphatic hydroxyl groups excluding tert-OH is 1. The number of ether oxygens (including phenoxy) is 2. The molecule has 1 N–H and O–H groups in total. The molecule has 0 saturated carbocycles. The van der Waals surface area contributed by atoms with Crippen molar-refractivity contribution < 1.29 is 28.3 Å². The van der Waals surface area contributed by atoms with Crippen LogP contribution < -0.4 is 9.47 Å². The van der Waals surface area contributed by atoms with Gasteiger partial charge in [0.1, 0.15) is 18.5 Å². The summed E-state index contributed by atoms with van der Waals surface area (Å²) in [7, 11) is 0. The first-order valence-electron chi connectivity index (χ1n) is 6.97. The predicted molar refractivity (Wildman–Crippen MR) is 81.4 cm³/mol. The van der Waals surface area contributed by atoms with Crippen LogP contribution in [0.5, 0.6) is 11.5 Å². The molecule has 1 unspecified atom stereocenters. The maximum absolute atomic E-state index is 12.1. The standard InChI is InChI=1S/C16H15F2NO5/c1-10-2-7-13(19(21)22)15(8-10)23-9-14(20)11-3-5-12(6-4-11)24-16(17)18/h2-8,14,16,20H,9H2,1H3. The molecule has 1 atom stereocenters. The Balaban J connectivity index is 2.04. The number of rotatable bonds is 7. The van der Waals surface area contributed by atoms with Crippen LogP contribution in [0.25, 0.3) is 0 Å². The van der Waals surface area contributed by atoms with Gasteiger partial charge in [0.2, 0.25) is 0 Å². The molecule has 2 rings (SSSR count). The van der Waals surface area contributed by atoms with Crippen molar-refractivity contribution in [2.24, 2.45) is 0 Å². The molecule has 0 aliphatic rings. The second-order valence-electron chi connectivity index (χ2n) is 5.00. The van der Waals surface area contributed by atoms with Crippen LogP contribution in [-0.4, -0.2) is 23.2 Å². The van der Waals surface area contributed by atoms with Crippen molar-refractivity contribution in [2.45, 2.75) is 19.6 Å². The van der Waals surface area contributed by atoms with E-state index < -0.39 is 17.6 Å². The van der Waals surface area contributed by atoms with Crippen molar-refractivity contribution in [1.82, 2.24) is 0 Å². The molecular weight excluding hydrogens is 324 g/mol. The number of nitro benzene ring substituents is 1. The van der Waals surface area contributed by atoms with Crippen LogP contribution in [0, 0.1) is 17.0 Å². The second-order valence-corrected chi connectivity index (χ2v) is 5.00. The number of aliphatic hydroxyl groups is 1. The van der Waals surface area contributed by atoms with Crippen LogP contribution in [0.2, 0.25) is 0 Å². The van der Waals surface area contributed by atoms with Crippen LogP contribution in [0.3, 0.4) is 0 Å². The maximum Gasteiger partial charge on any atom is 0.387 e. The Morgan fingerprint density at radius 3 is 2.46 bits per heavy atom. The summed E-state index contributed by atoms with van der Waals surface area (Å²) in [4.78, 5) is 10.4. The lowest BCUT2D eigenvalue weighted by atomic mass is 10.1.